The zero-order valence-electron chi connectivity index (χ0n) is 9.57. The van der Waals surface area contributed by atoms with Crippen molar-refractivity contribution < 1.29 is 19.4 Å². The highest BCUT2D eigenvalue weighted by molar-refractivity contribution is 5.78. The molecule has 0 heterocycles. The van der Waals surface area contributed by atoms with Crippen molar-refractivity contribution in [2.75, 3.05) is 6.61 Å². The van der Waals surface area contributed by atoms with E-state index in [1.165, 1.54) is 13.3 Å². The van der Waals surface area contributed by atoms with Crippen LogP contribution in [0.2, 0.25) is 0 Å². The first-order valence-corrected chi connectivity index (χ1v) is 5.73. The Morgan fingerprint density at radius 1 is 1.38 bits per heavy atom. The van der Waals surface area contributed by atoms with Crippen LogP contribution in [0.5, 0.6) is 0 Å². The van der Waals surface area contributed by atoms with E-state index in [0.717, 1.165) is 25.7 Å². The molecule has 0 aromatic carbocycles. The van der Waals surface area contributed by atoms with Crippen molar-refractivity contribution in [1.82, 2.24) is 5.32 Å². The number of aliphatic carboxylic acids is 1. The van der Waals surface area contributed by atoms with Gasteiger partial charge >= 0.3 is 5.97 Å². The van der Waals surface area contributed by atoms with Crippen molar-refractivity contribution in [3.8, 4) is 0 Å². The third-order valence-electron chi connectivity index (χ3n) is 2.78. The molecule has 1 aliphatic rings. The van der Waals surface area contributed by atoms with Crippen LogP contribution in [-0.2, 0) is 14.3 Å². The maximum atomic E-state index is 11.4. The standard InChI is InChI=1S/C11H19NO4/c1-8(11(14)15)16-7-10(13)12-9-5-3-2-4-6-9/h8-9H,2-7H2,1H3,(H,12,13)(H,14,15)/t8-/m0/s1. The lowest BCUT2D eigenvalue weighted by molar-refractivity contribution is -0.150. The van der Waals surface area contributed by atoms with Crippen molar-refractivity contribution in [2.24, 2.45) is 0 Å². The minimum atomic E-state index is -1.05. The smallest absolute Gasteiger partial charge is 0.332 e. The monoisotopic (exact) mass is 229 g/mol. The summed E-state index contributed by atoms with van der Waals surface area (Å²) in [6.45, 7) is 1.24. The number of amides is 1. The number of rotatable bonds is 5. The summed E-state index contributed by atoms with van der Waals surface area (Å²) in [5.41, 5.74) is 0. The van der Waals surface area contributed by atoms with Gasteiger partial charge in [-0.25, -0.2) is 4.79 Å². The Bertz CT molecular complexity index is 248. The fourth-order valence-electron chi connectivity index (χ4n) is 1.79. The lowest BCUT2D eigenvalue weighted by atomic mass is 9.95. The zero-order chi connectivity index (χ0) is 12.0. The third kappa shape index (κ3) is 4.61. The van der Waals surface area contributed by atoms with Gasteiger partial charge in [0.05, 0.1) is 0 Å². The molecule has 0 spiro atoms. The Balaban J connectivity index is 2.17. The molecular weight excluding hydrogens is 210 g/mol. The molecule has 16 heavy (non-hydrogen) atoms. The Kier molecular flexibility index (Phi) is 5.25. The quantitative estimate of drug-likeness (QED) is 0.735. The van der Waals surface area contributed by atoms with Gasteiger partial charge in [-0.1, -0.05) is 19.3 Å². The Hall–Kier alpha value is -1.10. The SMILES string of the molecule is C[C@H](OCC(=O)NC1CCCCC1)C(=O)O. The summed E-state index contributed by atoms with van der Waals surface area (Å²) in [6, 6.07) is 0.241. The Labute approximate surface area is 95.2 Å². The fourth-order valence-corrected chi connectivity index (χ4v) is 1.79. The van der Waals surface area contributed by atoms with Crippen LogP contribution < -0.4 is 5.32 Å². The number of nitrogens with one attached hydrogen (secondary N) is 1. The maximum absolute atomic E-state index is 11.4. The van der Waals surface area contributed by atoms with Crippen LogP contribution in [0.25, 0.3) is 0 Å². The van der Waals surface area contributed by atoms with Crippen molar-refractivity contribution in [2.45, 2.75) is 51.2 Å². The first-order chi connectivity index (χ1) is 7.59. The summed E-state index contributed by atoms with van der Waals surface area (Å²) in [6.07, 6.45) is 4.63. The Morgan fingerprint density at radius 2 is 2.00 bits per heavy atom. The molecule has 5 nitrogen and oxygen atoms in total. The van der Waals surface area contributed by atoms with E-state index in [2.05, 4.69) is 5.32 Å². The molecule has 2 N–H and O–H groups in total. The minimum Gasteiger partial charge on any atom is -0.479 e. The van der Waals surface area contributed by atoms with E-state index >= 15 is 0 Å². The fraction of sp³-hybridized carbons (Fsp3) is 0.818. The number of carbonyl (C=O) groups is 2. The average Bonchev–Trinajstić information content (AvgIpc) is 2.27. The molecule has 0 aromatic rings. The normalized spacial score (nSPS) is 19.1. The van der Waals surface area contributed by atoms with E-state index in [0.29, 0.717) is 0 Å². The van der Waals surface area contributed by atoms with Crippen LogP contribution in [0.4, 0.5) is 0 Å². The second-order valence-electron chi connectivity index (χ2n) is 4.19. The number of hydrogen-bond donors (Lipinski definition) is 2. The second-order valence-corrected chi connectivity index (χ2v) is 4.19. The second kappa shape index (κ2) is 6.48. The van der Waals surface area contributed by atoms with E-state index in [-0.39, 0.29) is 18.6 Å². The van der Waals surface area contributed by atoms with E-state index < -0.39 is 12.1 Å². The van der Waals surface area contributed by atoms with Gasteiger partial charge in [0, 0.05) is 6.04 Å². The van der Waals surface area contributed by atoms with Crippen LogP contribution in [0.15, 0.2) is 0 Å². The summed E-state index contributed by atoms with van der Waals surface area (Å²) in [7, 11) is 0. The summed E-state index contributed by atoms with van der Waals surface area (Å²) >= 11 is 0. The van der Waals surface area contributed by atoms with Gasteiger partial charge in [-0.15, -0.1) is 0 Å². The van der Waals surface area contributed by atoms with Gasteiger partial charge in [0.15, 0.2) is 6.10 Å². The van der Waals surface area contributed by atoms with Crippen LogP contribution in [-0.4, -0.2) is 35.7 Å². The topological polar surface area (TPSA) is 75.6 Å². The van der Waals surface area contributed by atoms with Crippen molar-refractivity contribution >= 4 is 11.9 Å². The van der Waals surface area contributed by atoms with Gasteiger partial charge in [-0.3, -0.25) is 4.79 Å². The zero-order valence-corrected chi connectivity index (χ0v) is 9.57. The van der Waals surface area contributed by atoms with Gasteiger partial charge < -0.3 is 15.2 Å². The molecular formula is C11H19NO4. The molecule has 1 amide bonds. The predicted octanol–water partition coefficient (Wildman–Crippen LogP) is 0.925. The molecule has 1 aliphatic carbocycles. The number of carboxylic acids is 1. The van der Waals surface area contributed by atoms with Gasteiger partial charge in [-0.05, 0) is 19.8 Å². The molecule has 0 bridgehead atoms. The van der Waals surface area contributed by atoms with E-state index in [1.54, 1.807) is 0 Å². The predicted molar refractivity (Wildman–Crippen MR) is 58.1 cm³/mol. The van der Waals surface area contributed by atoms with E-state index in [1.807, 2.05) is 0 Å². The minimum absolute atomic E-state index is 0.177. The lowest BCUT2D eigenvalue weighted by Crippen LogP contribution is -2.39. The van der Waals surface area contributed by atoms with Crippen LogP contribution in [0.1, 0.15) is 39.0 Å². The molecule has 1 atom stereocenters. The molecule has 5 heteroatoms. The van der Waals surface area contributed by atoms with E-state index in [9.17, 15) is 9.59 Å². The molecule has 0 unspecified atom stereocenters. The average molecular weight is 229 g/mol. The van der Waals surface area contributed by atoms with E-state index in [4.69, 9.17) is 9.84 Å². The maximum Gasteiger partial charge on any atom is 0.332 e. The van der Waals surface area contributed by atoms with Crippen LogP contribution >= 0.6 is 0 Å². The van der Waals surface area contributed by atoms with Crippen LogP contribution in [0, 0.1) is 0 Å². The van der Waals surface area contributed by atoms with Gasteiger partial charge in [-0.2, -0.15) is 0 Å². The summed E-state index contributed by atoms with van der Waals surface area (Å²) in [4.78, 5) is 21.9. The number of hydrogen-bond acceptors (Lipinski definition) is 3. The molecule has 0 aliphatic heterocycles. The number of carbonyl (C=O) groups excluding carboxylic acids is 1. The lowest BCUT2D eigenvalue weighted by Gasteiger charge is -2.22. The first kappa shape index (κ1) is 13.0. The van der Waals surface area contributed by atoms with Crippen molar-refractivity contribution in [3.05, 3.63) is 0 Å². The highest BCUT2D eigenvalue weighted by atomic mass is 16.5. The van der Waals surface area contributed by atoms with Crippen molar-refractivity contribution in [3.63, 3.8) is 0 Å². The largest absolute Gasteiger partial charge is 0.479 e. The third-order valence-corrected chi connectivity index (χ3v) is 2.78. The summed E-state index contributed by atoms with van der Waals surface area (Å²) < 4.78 is 4.90. The molecule has 0 radical (unpaired) electrons. The number of carboxylic acid groups (broad SMARTS) is 1. The highest BCUT2D eigenvalue weighted by Crippen LogP contribution is 2.17. The molecule has 1 saturated carbocycles. The molecule has 92 valence electrons. The van der Waals surface area contributed by atoms with Gasteiger partial charge in [0.1, 0.15) is 6.61 Å². The molecule has 0 saturated heterocycles. The Morgan fingerprint density at radius 3 is 2.56 bits per heavy atom. The van der Waals surface area contributed by atoms with Crippen molar-refractivity contribution in [1.29, 1.82) is 0 Å². The van der Waals surface area contributed by atoms with Gasteiger partial charge in [0.25, 0.3) is 0 Å². The molecule has 1 rings (SSSR count). The molecule has 0 aromatic heterocycles. The van der Waals surface area contributed by atoms with Crippen LogP contribution in [0.3, 0.4) is 0 Å². The molecule has 1 fully saturated rings. The first-order valence-electron chi connectivity index (χ1n) is 5.73. The van der Waals surface area contributed by atoms with Gasteiger partial charge in [0.2, 0.25) is 5.91 Å². The highest BCUT2D eigenvalue weighted by Gasteiger charge is 2.17. The number of ether oxygens (including phenoxy) is 1. The summed E-state index contributed by atoms with van der Waals surface area (Å²) in [5, 5.41) is 11.4. The summed E-state index contributed by atoms with van der Waals surface area (Å²) in [5.74, 6) is -1.27.